The zero-order valence-electron chi connectivity index (χ0n) is 11.5. The molecule has 0 radical (unpaired) electrons. The summed E-state index contributed by atoms with van der Waals surface area (Å²) < 4.78 is 27.7. The van der Waals surface area contributed by atoms with E-state index in [1.165, 1.54) is 4.31 Å². The van der Waals surface area contributed by atoms with E-state index in [1.807, 2.05) is 6.92 Å². The van der Waals surface area contributed by atoms with E-state index in [4.69, 9.17) is 5.73 Å². The maximum Gasteiger partial charge on any atom is 0.243 e. The zero-order chi connectivity index (χ0) is 15.1. The molecule has 3 N–H and O–H groups in total. The van der Waals surface area contributed by atoms with Crippen molar-refractivity contribution in [3.63, 3.8) is 0 Å². The van der Waals surface area contributed by atoms with Crippen LogP contribution in [0.2, 0.25) is 0 Å². The van der Waals surface area contributed by atoms with E-state index < -0.39 is 10.0 Å². The van der Waals surface area contributed by atoms with Crippen molar-refractivity contribution in [2.24, 2.45) is 5.92 Å². The van der Waals surface area contributed by atoms with Crippen LogP contribution in [0.5, 0.6) is 0 Å². The number of hydrogen-bond acceptors (Lipinski definition) is 4. The van der Waals surface area contributed by atoms with E-state index in [1.54, 1.807) is 19.1 Å². The van der Waals surface area contributed by atoms with E-state index in [2.05, 4.69) is 15.9 Å². The van der Waals surface area contributed by atoms with Gasteiger partial charge in [-0.3, -0.25) is 0 Å². The summed E-state index contributed by atoms with van der Waals surface area (Å²) >= 11 is 3.28. The monoisotopic (exact) mass is 362 g/mol. The van der Waals surface area contributed by atoms with Crippen LogP contribution in [0.1, 0.15) is 18.9 Å². The fourth-order valence-corrected chi connectivity index (χ4v) is 5.25. The van der Waals surface area contributed by atoms with Gasteiger partial charge in [0.1, 0.15) is 0 Å². The molecule has 2 unspecified atom stereocenters. The minimum absolute atomic E-state index is 0.152. The van der Waals surface area contributed by atoms with E-state index >= 15 is 0 Å². The number of rotatable bonds is 3. The Morgan fingerprint density at radius 3 is 2.75 bits per heavy atom. The van der Waals surface area contributed by atoms with Gasteiger partial charge in [0.25, 0.3) is 0 Å². The molecular formula is C13H19BrN2O3S. The Labute approximate surface area is 128 Å². The van der Waals surface area contributed by atoms with Crippen molar-refractivity contribution in [3.8, 4) is 0 Å². The number of anilines is 1. The van der Waals surface area contributed by atoms with Crippen molar-refractivity contribution in [1.29, 1.82) is 0 Å². The lowest BCUT2D eigenvalue weighted by Gasteiger charge is -2.25. The van der Waals surface area contributed by atoms with Gasteiger partial charge in [0.05, 0.1) is 17.5 Å². The largest absolute Gasteiger partial charge is 0.398 e. The molecule has 0 saturated carbocycles. The van der Waals surface area contributed by atoms with E-state index in [9.17, 15) is 13.5 Å². The lowest BCUT2D eigenvalue weighted by atomic mass is 10.0. The van der Waals surface area contributed by atoms with Gasteiger partial charge in [-0.1, -0.05) is 22.9 Å². The quantitative estimate of drug-likeness (QED) is 0.802. The van der Waals surface area contributed by atoms with Crippen LogP contribution in [0.4, 0.5) is 5.69 Å². The predicted octanol–water partition coefficient (Wildman–Crippen LogP) is 1.73. The smallest absolute Gasteiger partial charge is 0.243 e. The summed E-state index contributed by atoms with van der Waals surface area (Å²) in [5, 5.41) is 9.46. The summed E-state index contributed by atoms with van der Waals surface area (Å²) in [6.45, 7) is 3.92. The molecule has 112 valence electrons. The number of aliphatic hydroxyl groups is 1. The number of aliphatic hydroxyl groups excluding tert-OH is 1. The number of nitrogens with zero attached hydrogens (tertiary/aromatic N) is 1. The fourth-order valence-electron chi connectivity index (χ4n) is 2.61. The molecule has 1 aliphatic heterocycles. The highest BCUT2D eigenvalue weighted by Gasteiger charge is 2.39. The van der Waals surface area contributed by atoms with Gasteiger partial charge in [-0.25, -0.2) is 8.42 Å². The summed E-state index contributed by atoms with van der Waals surface area (Å²) in [6.07, 6.45) is 0.757. The highest BCUT2D eigenvalue weighted by molar-refractivity contribution is 9.10. The van der Waals surface area contributed by atoms with Gasteiger partial charge in [-0.2, -0.15) is 4.31 Å². The van der Waals surface area contributed by atoms with Crippen molar-refractivity contribution in [2.75, 3.05) is 18.9 Å². The van der Waals surface area contributed by atoms with Crippen LogP contribution in [0.25, 0.3) is 0 Å². The Hall–Kier alpha value is -0.630. The maximum absolute atomic E-state index is 12.8. The maximum atomic E-state index is 12.8. The summed E-state index contributed by atoms with van der Waals surface area (Å²) in [4.78, 5) is 0.205. The topological polar surface area (TPSA) is 83.6 Å². The Morgan fingerprint density at radius 1 is 1.50 bits per heavy atom. The molecule has 1 saturated heterocycles. The van der Waals surface area contributed by atoms with Crippen LogP contribution in [-0.2, 0) is 10.0 Å². The minimum atomic E-state index is -3.65. The molecular weight excluding hydrogens is 344 g/mol. The average molecular weight is 363 g/mol. The lowest BCUT2D eigenvalue weighted by Crippen LogP contribution is -2.40. The third kappa shape index (κ3) is 2.59. The van der Waals surface area contributed by atoms with Crippen molar-refractivity contribution in [1.82, 2.24) is 4.31 Å². The third-order valence-electron chi connectivity index (χ3n) is 3.97. The molecule has 2 atom stereocenters. The Kier molecular flexibility index (Phi) is 4.44. The van der Waals surface area contributed by atoms with Crippen molar-refractivity contribution in [3.05, 3.63) is 22.2 Å². The normalized spacial score (nSPS) is 24.2. The number of halogens is 1. The molecule has 0 amide bonds. The standard InChI is InChI=1S/C13H19BrN2O3S/c1-8-3-4-16(12(8)7-17)20(18,19)13-6-10(14)5-11(15)9(13)2/h5-6,8,12,17H,3-4,7,15H2,1-2H3. The SMILES string of the molecule is Cc1c(N)cc(Br)cc1S(=O)(=O)N1CCC(C)C1CO. The number of hydrogen-bond donors (Lipinski definition) is 2. The Bertz CT molecular complexity index is 618. The van der Waals surface area contributed by atoms with Gasteiger partial charge in [0.15, 0.2) is 0 Å². The molecule has 1 aromatic rings. The second kappa shape index (κ2) is 5.63. The first-order chi connectivity index (χ1) is 9.28. The van der Waals surface area contributed by atoms with Gasteiger partial charge < -0.3 is 10.8 Å². The molecule has 2 rings (SSSR count). The van der Waals surface area contributed by atoms with Crippen LogP contribution >= 0.6 is 15.9 Å². The number of nitrogens with two attached hydrogens (primary N) is 1. The summed E-state index contributed by atoms with van der Waals surface area (Å²) in [5.74, 6) is 0.152. The first-order valence-corrected chi connectivity index (χ1v) is 8.70. The summed E-state index contributed by atoms with van der Waals surface area (Å²) in [6, 6.07) is 2.89. The lowest BCUT2D eigenvalue weighted by molar-refractivity contribution is 0.191. The second-order valence-electron chi connectivity index (χ2n) is 5.25. The fraction of sp³-hybridized carbons (Fsp3) is 0.538. The van der Waals surface area contributed by atoms with Crippen molar-refractivity contribution >= 4 is 31.6 Å². The highest BCUT2D eigenvalue weighted by atomic mass is 79.9. The van der Waals surface area contributed by atoms with Gasteiger partial charge in [0.2, 0.25) is 10.0 Å². The second-order valence-corrected chi connectivity index (χ2v) is 8.02. The molecule has 1 aliphatic rings. The highest BCUT2D eigenvalue weighted by Crippen LogP contribution is 2.33. The molecule has 0 aromatic heterocycles. The van der Waals surface area contributed by atoms with Crippen LogP contribution in [-0.4, -0.2) is 37.0 Å². The number of sulfonamides is 1. The minimum Gasteiger partial charge on any atom is -0.398 e. The van der Waals surface area contributed by atoms with E-state index in [-0.39, 0.29) is 23.5 Å². The Morgan fingerprint density at radius 2 is 2.15 bits per heavy atom. The van der Waals surface area contributed by atoms with Crippen LogP contribution in [0, 0.1) is 12.8 Å². The molecule has 0 bridgehead atoms. The Balaban J connectivity index is 2.51. The van der Waals surface area contributed by atoms with E-state index in [0.717, 1.165) is 6.42 Å². The first-order valence-electron chi connectivity index (χ1n) is 6.47. The molecule has 0 spiro atoms. The molecule has 0 aliphatic carbocycles. The number of benzene rings is 1. The summed E-state index contributed by atoms with van der Waals surface area (Å²) in [5.41, 5.74) is 6.83. The molecule has 5 nitrogen and oxygen atoms in total. The third-order valence-corrected chi connectivity index (χ3v) is 6.48. The van der Waals surface area contributed by atoms with Gasteiger partial charge in [0, 0.05) is 16.7 Å². The predicted molar refractivity (Wildman–Crippen MR) is 81.8 cm³/mol. The molecule has 1 heterocycles. The average Bonchev–Trinajstić information content (AvgIpc) is 2.75. The molecule has 20 heavy (non-hydrogen) atoms. The van der Waals surface area contributed by atoms with Crippen LogP contribution < -0.4 is 5.73 Å². The van der Waals surface area contributed by atoms with Crippen molar-refractivity contribution in [2.45, 2.75) is 31.2 Å². The molecule has 7 heteroatoms. The van der Waals surface area contributed by atoms with Gasteiger partial charge >= 0.3 is 0 Å². The van der Waals surface area contributed by atoms with Crippen LogP contribution in [0.15, 0.2) is 21.5 Å². The van der Waals surface area contributed by atoms with Crippen molar-refractivity contribution < 1.29 is 13.5 Å². The van der Waals surface area contributed by atoms with Gasteiger partial charge in [-0.15, -0.1) is 0 Å². The molecule has 1 fully saturated rings. The number of nitrogen functional groups attached to an aromatic ring is 1. The van der Waals surface area contributed by atoms with E-state index in [0.29, 0.717) is 22.3 Å². The summed E-state index contributed by atoms with van der Waals surface area (Å²) in [7, 11) is -3.65. The van der Waals surface area contributed by atoms with Crippen LogP contribution in [0.3, 0.4) is 0 Å². The zero-order valence-corrected chi connectivity index (χ0v) is 13.9. The first kappa shape index (κ1) is 15.8. The molecule has 1 aromatic carbocycles. The van der Waals surface area contributed by atoms with Gasteiger partial charge in [-0.05, 0) is 37.0 Å².